The molecule has 5 heteroatoms. The zero-order valence-electron chi connectivity index (χ0n) is 14.9. The Bertz CT molecular complexity index is 529. The third-order valence-corrected chi connectivity index (χ3v) is 6.94. The predicted molar refractivity (Wildman–Crippen MR) is 93.5 cm³/mol. The van der Waals surface area contributed by atoms with Gasteiger partial charge in [0.25, 0.3) is 5.91 Å². The fourth-order valence-corrected chi connectivity index (χ4v) is 5.55. The summed E-state index contributed by atoms with van der Waals surface area (Å²) in [5.74, 6) is 2.53. The SMILES string of the molecule is CN1C(=O)C(CO[C@H]2CC3CCC2C3)(CC2CCCCC2)N=C1N. The lowest BCUT2D eigenvalue weighted by Crippen LogP contribution is -2.47. The summed E-state index contributed by atoms with van der Waals surface area (Å²) in [6, 6.07) is 0. The number of hydrogen-bond donors (Lipinski definition) is 1. The Morgan fingerprint density at radius 3 is 2.58 bits per heavy atom. The highest BCUT2D eigenvalue weighted by molar-refractivity contribution is 6.06. The van der Waals surface area contributed by atoms with E-state index in [1.165, 1.54) is 62.7 Å². The lowest BCUT2D eigenvalue weighted by molar-refractivity contribution is -0.135. The third-order valence-electron chi connectivity index (χ3n) is 6.94. The summed E-state index contributed by atoms with van der Waals surface area (Å²) in [7, 11) is 1.74. The molecular weight excluding hydrogens is 302 g/mol. The van der Waals surface area contributed by atoms with Crippen LogP contribution in [-0.2, 0) is 9.53 Å². The zero-order chi connectivity index (χ0) is 16.7. The van der Waals surface area contributed by atoms with Crippen molar-refractivity contribution < 1.29 is 9.53 Å². The van der Waals surface area contributed by atoms with Crippen molar-refractivity contribution in [3.8, 4) is 0 Å². The number of nitrogens with zero attached hydrogens (tertiary/aromatic N) is 2. The van der Waals surface area contributed by atoms with Crippen LogP contribution >= 0.6 is 0 Å². The Labute approximate surface area is 145 Å². The first-order valence-electron chi connectivity index (χ1n) is 9.82. The number of carbonyl (C=O) groups is 1. The van der Waals surface area contributed by atoms with Crippen LogP contribution in [0.15, 0.2) is 4.99 Å². The minimum absolute atomic E-state index is 0.0359. The fraction of sp³-hybridized carbons (Fsp3) is 0.895. The van der Waals surface area contributed by atoms with Crippen molar-refractivity contribution >= 4 is 11.9 Å². The number of nitrogens with two attached hydrogens (primary N) is 1. The minimum Gasteiger partial charge on any atom is -0.375 e. The second-order valence-corrected chi connectivity index (χ2v) is 8.60. The van der Waals surface area contributed by atoms with Gasteiger partial charge in [0.05, 0.1) is 12.7 Å². The Morgan fingerprint density at radius 1 is 1.21 bits per heavy atom. The van der Waals surface area contributed by atoms with Gasteiger partial charge in [-0.15, -0.1) is 0 Å². The molecule has 0 aromatic carbocycles. The normalized spacial score (nSPS) is 39.7. The van der Waals surface area contributed by atoms with E-state index in [1.807, 2.05) is 0 Å². The minimum atomic E-state index is -0.761. The second-order valence-electron chi connectivity index (χ2n) is 8.60. The molecule has 3 saturated carbocycles. The second kappa shape index (κ2) is 6.32. The lowest BCUT2D eigenvalue weighted by atomic mass is 9.79. The van der Waals surface area contributed by atoms with E-state index in [4.69, 9.17) is 10.5 Å². The van der Waals surface area contributed by atoms with Crippen molar-refractivity contribution in [2.75, 3.05) is 13.7 Å². The van der Waals surface area contributed by atoms with Crippen LogP contribution in [-0.4, -0.2) is 42.1 Å². The van der Waals surface area contributed by atoms with Crippen molar-refractivity contribution in [3.63, 3.8) is 0 Å². The Hall–Kier alpha value is -1.10. The molecule has 4 rings (SSSR count). The molecule has 24 heavy (non-hydrogen) atoms. The smallest absolute Gasteiger partial charge is 0.259 e. The maximum absolute atomic E-state index is 12.9. The van der Waals surface area contributed by atoms with E-state index in [2.05, 4.69) is 4.99 Å². The summed E-state index contributed by atoms with van der Waals surface area (Å²) in [6.07, 6.45) is 12.6. The van der Waals surface area contributed by atoms with Gasteiger partial charge in [-0.05, 0) is 49.9 Å². The monoisotopic (exact) mass is 333 g/mol. The predicted octanol–water partition coefficient (Wildman–Crippen LogP) is 2.69. The first-order valence-corrected chi connectivity index (χ1v) is 9.82. The van der Waals surface area contributed by atoms with Crippen LogP contribution in [0.5, 0.6) is 0 Å². The van der Waals surface area contributed by atoms with E-state index >= 15 is 0 Å². The van der Waals surface area contributed by atoms with Gasteiger partial charge in [0, 0.05) is 7.05 Å². The molecule has 0 aromatic rings. The summed E-state index contributed by atoms with van der Waals surface area (Å²) in [4.78, 5) is 19.1. The number of rotatable bonds is 5. The van der Waals surface area contributed by atoms with Crippen LogP contribution in [0, 0.1) is 17.8 Å². The quantitative estimate of drug-likeness (QED) is 0.841. The summed E-state index contributed by atoms with van der Waals surface area (Å²) in [5.41, 5.74) is 5.23. The first-order chi connectivity index (χ1) is 11.6. The first kappa shape index (κ1) is 16.4. The van der Waals surface area contributed by atoms with E-state index < -0.39 is 5.54 Å². The molecule has 5 nitrogen and oxygen atoms in total. The largest absolute Gasteiger partial charge is 0.375 e. The van der Waals surface area contributed by atoms with Gasteiger partial charge in [-0.2, -0.15) is 0 Å². The number of likely N-dealkylation sites (N-methyl/N-ethyl adjacent to an activating group) is 1. The highest BCUT2D eigenvalue weighted by Gasteiger charge is 2.49. The van der Waals surface area contributed by atoms with Crippen molar-refractivity contribution in [1.82, 2.24) is 4.90 Å². The molecule has 4 aliphatic rings. The molecule has 1 heterocycles. The topological polar surface area (TPSA) is 67.9 Å². The number of fused-ring (bicyclic) bond motifs is 2. The third kappa shape index (κ3) is 2.85. The van der Waals surface area contributed by atoms with Gasteiger partial charge in [0.1, 0.15) is 0 Å². The van der Waals surface area contributed by atoms with Gasteiger partial charge in [-0.25, -0.2) is 4.99 Å². The van der Waals surface area contributed by atoms with Gasteiger partial charge >= 0.3 is 0 Å². The Morgan fingerprint density at radius 2 is 2.00 bits per heavy atom. The maximum atomic E-state index is 12.9. The molecule has 2 bridgehead atoms. The number of aliphatic imine (C=N–C) groups is 1. The highest BCUT2D eigenvalue weighted by atomic mass is 16.5. The van der Waals surface area contributed by atoms with Crippen LogP contribution in [0.3, 0.4) is 0 Å². The number of carbonyl (C=O) groups excluding carboxylic acids is 1. The molecule has 0 spiro atoms. The van der Waals surface area contributed by atoms with Crippen LogP contribution < -0.4 is 5.73 Å². The van der Waals surface area contributed by atoms with Crippen LogP contribution in [0.2, 0.25) is 0 Å². The molecule has 3 aliphatic carbocycles. The molecule has 3 fully saturated rings. The van der Waals surface area contributed by atoms with Crippen molar-refractivity contribution in [2.24, 2.45) is 28.5 Å². The number of guanidine groups is 1. The van der Waals surface area contributed by atoms with Crippen molar-refractivity contribution in [1.29, 1.82) is 0 Å². The highest BCUT2D eigenvalue weighted by Crippen LogP contribution is 2.46. The standard InChI is InChI=1S/C19H31N3O2/c1-22-17(23)19(21-18(22)20,11-13-5-3-2-4-6-13)12-24-16-10-14-7-8-15(16)9-14/h13-16H,2-12H2,1H3,(H2,20,21)/t14?,15?,16-,19?/m0/s1. The summed E-state index contributed by atoms with van der Waals surface area (Å²) in [6.45, 7) is 0.418. The van der Waals surface area contributed by atoms with Crippen LogP contribution in [0.1, 0.15) is 64.2 Å². The van der Waals surface area contributed by atoms with Gasteiger partial charge in [-0.1, -0.05) is 32.1 Å². The van der Waals surface area contributed by atoms with Gasteiger partial charge in [0.15, 0.2) is 11.5 Å². The van der Waals surface area contributed by atoms with Crippen molar-refractivity contribution in [2.45, 2.75) is 75.9 Å². The number of hydrogen-bond acceptors (Lipinski definition) is 4. The average molecular weight is 333 g/mol. The van der Waals surface area contributed by atoms with Gasteiger partial charge in [-0.3, -0.25) is 9.69 Å². The molecule has 0 radical (unpaired) electrons. The van der Waals surface area contributed by atoms with E-state index in [1.54, 1.807) is 7.05 Å². The van der Waals surface area contributed by atoms with Crippen LogP contribution in [0.4, 0.5) is 0 Å². The molecular formula is C19H31N3O2. The molecule has 1 aliphatic heterocycles. The summed E-state index contributed by atoms with van der Waals surface area (Å²) < 4.78 is 6.32. The number of ether oxygens (including phenoxy) is 1. The summed E-state index contributed by atoms with van der Waals surface area (Å²) >= 11 is 0. The van der Waals surface area contributed by atoms with Gasteiger partial charge in [0.2, 0.25) is 0 Å². The molecule has 134 valence electrons. The average Bonchev–Trinajstić information content (AvgIpc) is 3.26. The lowest BCUT2D eigenvalue weighted by Gasteiger charge is -2.33. The fourth-order valence-electron chi connectivity index (χ4n) is 5.55. The summed E-state index contributed by atoms with van der Waals surface area (Å²) in [5, 5.41) is 0. The molecule has 3 unspecified atom stereocenters. The maximum Gasteiger partial charge on any atom is 0.259 e. The van der Waals surface area contributed by atoms with Crippen LogP contribution in [0.25, 0.3) is 0 Å². The Balaban J connectivity index is 1.47. The van der Waals surface area contributed by atoms with Crippen molar-refractivity contribution in [3.05, 3.63) is 0 Å². The molecule has 0 saturated heterocycles. The number of amides is 1. The van der Waals surface area contributed by atoms with Gasteiger partial charge < -0.3 is 10.5 Å². The molecule has 1 amide bonds. The zero-order valence-corrected chi connectivity index (χ0v) is 14.9. The van der Waals surface area contributed by atoms with E-state index in [9.17, 15) is 4.79 Å². The molecule has 0 aromatic heterocycles. The van der Waals surface area contributed by atoms with E-state index in [0.717, 1.165) is 12.3 Å². The van der Waals surface area contributed by atoms with E-state index in [0.29, 0.717) is 30.5 Å². The molecule has 2 N–H and O–H groups in total. The Kier molecular flexibility index (Phi) is 4.31. The van der Waals surface area contributed by atoms with E-state index in [-0.39, 0.29) is 5.91 Å². The molecule has 4 atom stereocenters.